The molecule has 7 heteroatoms. The fraction of sp³-hybridized carbons (Fsp3) is 0.280. The van der Waals surface area contributed by atoms with Gasteiger partial charge in [-0.3, -0.25) is 0 Å². The highest BCUT2D eigenvalue weighted by atomic mass is 19.4. The highest BCUT2D eigenvalue weighted by Gasteiger charge is 2.51. The van der Waals surface area contributed by atoms with Gasteiger partial charge in [0.2, 0.25) is 0 Å². The number of aryl methyl sites for hydroxylation is 1. The molecule has 170 valence electrons. The van der Waals surface area contributed by atoms with Crippen LogP contribution in [0.5, 0.6) is 17.2 Å². The van der Waals surface area contributed by atoms with Crippen LogP contribution in [0.3, 0.4) is 0 Å². The number of rotatable bonds is 9. The minimum absolute atomic E-state index is 0.00720. The van der Waals surface area contributed by atoms with Crippen LogP contribution < -0.4 is 9.47 Å². The van der Waals surface area contributed by atoms with Crippen molar-refractivity contribution >= 4 is 0 Å². The maximum absolute atomic E-state index is 14.0. The van der Waals surface area contributed by atoms with Gasteiger partial charge in [-0.2, -0.15) is 22.0 Å². The molecule has 0 amide bonds. The van der Waals surface area contributed by atoms with Crippen molar-refractivity contribution in [1.29, 1.82) is 0 Å². The Morgan fingerprint density at radius 1 is 0.781 bits per heavy atom. The van der Waals surface area contributed by atoms with Crippen molar-refractivity contribution in [1.82, 2.24) is 0 Å². The van der Waals surface area contributed by atoms with Crippen molar-refractivity contribution in [2.75, 3.05) is 0 Å². The Balaban J connectivity index is 1.68. The van der Waals surface area contributed by atoms with E-state index in [1.165, 1.54) is 12.1 Å². The summed E-state index contributed by atoms with van der Waals surface area (Å²) >= 11 is 0. The van der Waals surface area contributed by atoms with Gasteiger partial charge >= 0.3 is 12.8 Å². The molecule has 0 heterocycles. The number of benzene rings is 3. The maximum Gasteiger partial charge on any atom is 0.398 e. The van der Waals surface area contributed by atoms with Gasteiger partial charge in [-0.15, -0.1) is 0 Å². The van der Waals surface area contributed by atoms with Crippen LogP contribution in [0.4, 0.5) is 22.0 Å². The zero-order valence-corrected chi connectivity index (χ0v) is 17.4. The SMILES string of the molecule is CC(CCCc1cccc(Oc2ccccc2)c1)(c1ccc(OC(F)F)cc1)C(F)(F)F. The summed E-state index contributed by atoms with van der Waals surface area (Å²) in [6, 6.07) is 21.1. The Bertz CT molecular complexity index is 987. The summed E-state index contributed by atoms with van der Waals surface area (Å²) in [7, 11) is 0. The highest BCUT2D eigenvalue weighted by molar-refractivity contribution is 5.35. The molecule has 0 aromatic heterocycles. The molecule has 0 spiro atoms. The molecule has 0 aliphatic carbocycles. The van der Waals surface area contributed by atoms with Gasteiger partial charge in [0.25, 0.3) is 0 Å². The predicted octanol–water partition coefficient (Wildman–Crippen LogP) is 7.92. The lowest BCUT2D eigenvalue weighted by atomic mass is 9.77. The Morgan fingerprint density at radius 2 is 1.44 bits per heavy atom. The van der Waals surface area contributed by atoms with Crippen LogP contribution in [0.1, 0.15) is 30.9 Å². The molecule has 0 saturated heterocycles. The first-order chi connectivity index (χ1) is 15.2. The molecule has 0 saturated carbocycles. The normalized spacial score (nSPS) is 13.6. The second-order valence-electron chi connectivity index (χ2n) is 7.65. The van der Waals surface area contributed by atoms with Crippen LogP contribution in [0.2, 0.25) is 0 Å². The standard InChI is InChI=1S/C25H23F5O2/c1-24(25(28,29)30,19-12-14-21(15-13-19)32-23(26)27)16-6-8-18-7-5-11-22(17-18)31-20-9-3-2-4-10-20/h2-5,7,9-15,17,23H,6,8,16H2,1H3. The highest BCUT2D eigenvalue weighted by Crippen LogP contribution is 2.45. The summed E-state index contributed by atoms with van der Waals surface area (Å²) in [5.74, 6) is 1.11. The van der Waals surface area contributed by atoms with Crippen LogP contribution >= 0.6 is 0 Å². The Hall–Kier alpha value is -3.09. The zero-order chi connectivity index (χ0) is 23.2. The smallest absolute Gasteiger partial charge is 0.398 e. The van der Waals surface area contributed by atoms with E-state index in [1.54, 1.807) is 12.1 Å². The summed E-state index contributed by atoms with van der Waals surface area (Å²) in [5.41, 5.74) is -1.24. The average Bonchev–Trinajstić information content (AvgIpc) is 2.74. The largest absolute Gasteiger partial charge is 0.457 e. The fourth-order valence-corrected chi connectivity index (χ4v) is 3.49. The molecule has 0 N–H and O–H groups in total. The summed E-state index contributed by atoms with van der Waals surface area (Å²) in [6.07, 6.45) is -3.95. The van der Waals surface area contributed by atoms with Gasteiger partial charge in [0.05, 0.1) is 5.41 Å². The Morgan fingerprint density at radius 3 is 2.06 bits per heavy atom. The lowest BCUT2D eigenvalue weighted by molar-refractivity contribution is -0.188. The molecule has 1 atom stereocenters. The Labute approximate surface area is 183 Å². The van der Waals surface area contributed by atoms with Crippen molar-refractivity contribution in [2.45, 2.75) is 44.4 Å². The average molecular weight is 450 g/mol. The van der Waals surface area contributed by atoms with Crippen molar-refractivity contribution in [2.24, 2.45) is 0 Å². The van der Waals surface area contributed by atoms with Gasteiger partial charge in [0.1, 0.15) is 17.2 Å². The summed E-state index contributed by atoms with van der Waals surface area (Å²) in [5, 5.41) is 0. The van der Waals surface area contributed by atoms with Crippen molar-refractivity contribution in [3.8, 4) is 17.2 Å². The van der Waals surface area contributed by atoms with Gasteiger partial charge in [-0.25, -0.2) is 0 Å². The van der Waals surface area contributed by atoms with E-state index in [0.29, 0.717) is 17.9 Å². The number of ether oxygens (including phenoxy) is 2. The van der Waals surface area contributed by atoms with Gasteiger partial charge in [-0.05, 0) is 73.7 Å². The molecule has 3 aromatic rings. The summed E-state index contributed by atoms with van der Waals surface area (Å²) < 4.78 is 76.5. The predicted molar refractivity (Wildman–Crippen MR) is 112 cm³/mol. The number of hydrogen-bond donors (Lipinski definition) is 0. The number of para-hydroxylation sites is 1. The van der Waals surface area contributed by atoms with Crippen LogP contribution in [0.25, 0.3) is 0 Å². The van der Waals surface area contributed by atoms with E-state index in [9.17, 15) is 22.0 Å². The van der Waals surface area contributed by atoms with Crippen LogP contribution in [0, 0.1) is 0 Å². The van der Waals surface area contributed by atoms with E-state index in [4.69, 9.17) is 4.74 Å². The molecule has 0 aliphatic rings. The first-order valence-corrected chi connectivity index (χ1v) is 10.1. The van der Waals surface area contributed by atoms with E-state index in [-0.39, 0.29) is 24.2 Å². The monoisotopic (exact) mass is 450 g/mol. The number of halogens is 5. The van der Waals surface area contributed by atoms with Crippen molar-refractivity contribution in [3.05, 3.63) is 90.0 Å². The molecule has 0 radical (unpaired) electrons. The molecule has 0 bridgehead atoms. The minimum Gasteiger partial charge on any atom is -0.457 e. The third-order valence-electron chi connectivity index (χ3n) is 5.36. The molecule has 0 fully saturated rings. The topological polar surface area (TPSA) is 18.5 Å². The van der Waals surface area contributed by atoms with Gasteiger partial charge < -0.3 is 9.47 Å². The third kappa shape index (κ3) is 5.99. The maximum atomic E-state index is 14.0. The quantitative estimate of drug-likeness (QED) is 0.308. The van der Waals surface area contributed by atoms with E-state index < -0.39 is 18.2 Å². The van der Waals surface area contributed by atoms with Crippen LogP contribution in [-0.4, -0.2) is 12.8 Å². The molecule has 3 aromatic carbocycles. The molecular formula is C25H23F5O2. The van der Waals surface area contributed by atoms with E-state index in [2.05, 4.69) is 4.74 Å². The minimum atomic E-state index is -4.50. The molecule has 32 heavy (non-hydrogen) atoms. The first kappa shape index (κ1) is 23.6. The molecule has 0 aliphatic heterocycles. The third-order valence-corrected chi connectivity index (χ3v) is 5.36. The van der Waals surface area contributed by atoms with Crippen molar-refractivity contribution < 1.29 is 31.4 Å². The lowest BCUT2D eigenvalue weighted by Crippen LogP contribution is -2.39. The summed E-state index contributed by atoms with van der Waals surface area (Å²) in [6.45, 7) is -1.90. The van der Waals surface area contributed by atoms with E-state index in [1.807, 2.05) is 42.5 Å². The van der Waals surface area contributed by atoms with Gasteiger partial charge in [-0.1, -0.05) is 42.5 Å². The Kier molecular flexibility index (Phi) is 7.38. The molecule has 2 nitrogen and oxygen atoms in total. The van der Waals surface area contributed by atoms with E-state index in [0.717, 1.165) is 24.6 Å². The van der Waals surface area contributed by atoms with Crippen LogP contribution in [0.15, 0.2) is 78.9 Å². The zero-order valence-electron chi connectivity index (χ0n) is 17.4. The fourth-order valence-electron chi connectivity index (χ4n) is 3.49. The first-order valence-electron chi connectivity index (χ1n) is 10.1. The molecule has 3 rings (SSSR count). The second-order valence-corrected chi connectivity index (χ2v) is 7.65. The van der Waals surface area contributed by atoms with Gasteiger partial charge in [0, 0.05) is 0 Å². The lowest BCUT2D eigenvalue weighted by Gasteiger charge is -2.33. The second kappa shape index (κ2) is 10.0. The molecular weight excluding hydrogens is 427 g/mol. The van der Waals surface area contributed by atoms with Crippen molar-refractivity contribution in [3.63, 3.8) is 0 Å². The van der Waals surface area contributed by atoms with Gasteiger partial charge in [0.15, 0.2) is 0 Å². The summed E-state index contributed by atoms with van der Waals surface area (Å²) in [4.78, 5) is 0. The molecule has 1 unspecified atom stereocenters. The van der Waals surface area contributed by atoms with E-state index >= 15 is 0 Å². The number of hydrogen-bond acceptors (Lipinski definition) is 2. The van der Waals surface area contributed by atoms with Crippen LogP contribution in [-0.2, 0) is 11.8 Å². The number of alkyl halides is 5.